The molecular weight excluding hydrogens is 973 g/mol. The second-order valence-electron chi connectivity index (χ2n) is 24.5. The Morgan fingerprint density at radius 3 is 1.66 bits per heavy atom. The zero-order chi connectivity index (χ0) is 53.7. The molecule has 0 spiro atoms. The fraction of sp³-hybridized carbons (Fsp3) is 0.132. The number of para-hydroxylation sites is 4. The van der Waals surface area contributed by atoms with Crippen molar-refractivity contribution >= 4 is 82.7 Å². The van der Waals surface area contributed by atoms with Gasteiger partial charge < -0.3 is 18.3 Å². The number of benzene rings is 11. The number of hydrogen-bond donors (Lipinski definition) is 0. The smallest absolute Gasteiger partial charge is 0.143 e. The Hall–Kier alpha value is -9.38. The van der Waals surface area contributed by atoms with Crippen LogP contribution in [-0.4, -0.2) is 4.57 Å². The molecule has 0 saturated carbocycles. The first-order chi connectivity index (χ1) is 38.8. The van der Waals surface area contributed by atoms with E-state index in [1.807, 2.05) is 0 Å². The zero-order valence-electron chi connectivity index (χ0n) is 45.9. The molecule has 4 heteroatoms. The van der Waals surface area contributed by atoms with Crippen LogP contribution in [-0.2, 0) is 16.2 Å². The maximum Gasteiger partial charge on any atom is 0.143 e. The Morgan fingerprint density at radius 2 is 0.900 bits per heavy atom. The minimum Gasteiger partial charge on any atom is -0.456 e. The predicted molar refractivity (Wildman–Crippen MR) is 333 cm³/mol. The van der Waals surface area contributed by atoms with Crippen molar-refractivity contribution in [3.63, 3.8) is 0 Å². The standard InChI is InChI=1S/C76H56N2O2/c1-43-25-28-46(29-26-43)77(47-30-33-49-56-41-62-57(42-61(56)75(4,5)59(49)38-47)70-58(74(62,2)3)35-36-68-71(70)53-20-12-15-23-66(53)79-68)48-31-34-52-60(39-48)76(6,7)63-40-55(73-72(69(52)63)54-21-13-16-24-67(54)80-73)44-27-32-51-50-19-11-14-22-64(50)78(65(51)37-44)45-17-9-8-10-18-45/h8-42H,1-7H3. The van der Waals surface area contributed by atoms with E-state index < -0.39 is 0 Å². The fourth-order valence-corrected chi connectivity index (χ4v) is 15.0. The number of anilines is 3. The van der Waals surface area contributed by atoms with Gasteiger partial charge in [-0.1, -0.05) is 162 Å². The molecule has 17 rings (SSSR count). The second kappa shape index (κ2) is 15.7. The highest BCUT2D eigenvalue weighted by molar-refractivity contribution is 6.20. The maximum atomic E-state index is 7.05. The number of furan rings is 2. The van der Waals surface area contributed by atoms with E-state index in [1.54, 1.807) is 0 Å². The Morgan fingerprint density at radius 1 is 0.350 bits per heavy atom. The van der Waals surface area contributed by atoms with Gasteiger partial charge in [0.1, 0.15) is 22.3 Å². The van der Waals surface area contributed by atoms with Gasteiger partial charge in [0.2, 0.25) is 0 Å². The predicted octanol–water partition coefficient (Wildman–Crippen LogP) is 20.9. The van der Waals surface area contributed by atoms with Crippen molar-refractivity contribution in [3.05, 3.63) is 251 Å². The molecule has 3 aromatic heterocycles. The van der Waals surface area contributed by atoms with E-state index in [0.29, 0.717) is 0 Å². The van der Waals surface area contributed by atoms with Crippen molar-refractivity contribution < 1.29 is 8.83 Å². The Labute approximate surface area is 464 Å². The van der Waals surface area contributed by atoms with E-state index in [4.69, 9.17) is 8.83 Å². The molecule has 0 N–H and O–H groups in total. The Bertz CT molecular complexity index is 5040. The monoisotopic (exact) mass is 1030 g/mol. The molecule has 0 amide bonds. The van der Waals surface area contributed by atoms with Crippen LogP contribution in [0.25, 0.3) is 116 Å². The number of fused-ring (bicyclic) bond motifs is 20. The summed E-state index contributed by atoms with van der Waals surface area (Å²) in [7, 11) is 0. The molecule has 3 aliphatic carbocycles. The molecule has 4 nitrogen and oxygen atoms in total. The van der Waals surface area contributed by atoms with Crippen LogP contribution in [0.15, 0.2) is 221 Å². The highest BCUT2D eigenvalue weighted by Gasteiger charge is 2.44. The summed E-state index contributed by atoms with van der Waals surface area (Å²) >= 11 is 0. The minimum absolute atomic E-state index is 0.181. The largest absolute Gasteiger partial charge is 0.456 e. The molecule has 382 valence electrons. The van der Waals surface area contributed by atoms with Crippen LogP contribution in [0.4, 0.5) is 17.1 Å². The van der Waals surface area contributed by atoms with Crippen LogP contribution >= 0.6 is 0 Å². The molecule has 80 heavy (non-hydrogen) atoms. The molecule has 14 aromatic rings. The van der Waals surface area contributed by atoms with E-state index in [9.17, 15) is 0 Å². The van der Waals surface area contributed by atoms with Gasteiger partial charge in [0.05, 0.1) is 11.0 Å². The van der Waals surface area contributed by atoms with Gasteiger partial charge in [-0.3, -0.25) is 0 Å². The van der Waals surface area contributed by atoms with E-state index >= 15 is 0 Å². The van der Waals surface area contributed by atoms with Gasteiger partial charge in [0.15, 0.2) is 0 Å². The van der Waals surface area contributed by atoms with Crippen LogP contribution in [0, 0.1) is 6.92 Å². The highest BCUT2D eigenvalue weighted by atomic mass is 16.3. The average Bonchev–Trinajstić information content (AvgIpc) is 4.48. The third-order valence-electron chi connectivity index (χ3n) is 19.0. The van der Waals surface area contributed by atoms with Gasteiger partial charge in [-0.2, -0.15) is 0 Å². The molecular formula is C76H56N2O2. The van der Waals surface area contributed by atoms with Gasteiger partial charge in [-0.15, -0.1) is 0 Å². The normalized spacial score (nSPS) is 15.0. The van der Waals surface area contributed by atoms with Crippen molar-refractivity contribution in [3.8, 4) is 50.2 Å². The van der Waals surface area contributed by atoms with E-state index in [1.165, 1.54) is 110 Å². The van der Waals surface area contributed by atoms with Crippen LogP contribution in [0.5, 0.6) is 0 Å². The lowest BCUT2D eigenvalue weighted by atomic mass is 9.79. The molecule has 3 heterocycles. The Kier molecular flexibility index (Phi) is 8.94. The van der Waals surface area contributed by atoms with Gasteiger partial charge in [-0.25, -0.2) is 0 Å². The van der Waals surface area contributed by atoms with E-state index in [-0.39, 0.29) is 16.2 Å². The lowest BCUT2D eigenvalue weighted by Crippen LogP contribution is -2.18. The summed E-state index contributed by atoms with van der Waals surface area (Å²) in [6.07, 6.45) is 0. The topological polar surface area (TPSA) is 34.5 Å². The first-order valence-corrected chi connectivity index (χ1v) is 28.2. The summed E-state index contributed by atoms with van der Waals surface area (Å²) in [4.78, 5) is 2.48. The molecule has 0 bridgehead atoms. The molecule has 0 saturated heterocycles. The first-order valence-electron chi connectivity index (χ1n) is 28.2. The van der Waals surface area contributed by atoms with Crippen LogP contribution < -0.4 is 4.90 Å². The van der Waals surface area contributed by atoms with Crippen molar-refractivity contribution in [2.24, 2.45) is 0 Å². The summed E-state index contributed by atoms with van der Waals surface area (Å²) in [5.74, 6) is 0. The van der Waals surface area contributed by atoms with Gasteiger partial charge in [-0.05, 0) is 176 Å². The van der Waals surface area contributed by atoms with Crippen molar-refractivity contribution in [1.82, 2.24) is 4.57 Å². The number of hydrogen-bond acceptors (Lipinski definition) is 3. The molecule has 3 aliphatic rings. The highest BCUT2D eigenvalue weighted by Crippen LogP contribution is 2.60. The summed E-state index contributed by atoms with van der Waals surface area (Å²) in [6.45, 7) is 16.6. The first kappa shape index (κ1) is 45.6. The lowest BCUT2D eigenvalue weighted by Gasteiger charge is -2.30. The quantitative estimate of drug-likeness (QED) is 0.172. The van der Waals surface area contributed by atoms with Crippen molar-refractivity contribution in [1.29, 1.82) is 0 Å². The summed E-state index contributed by atoms with van der Waals surface area (Å²) in [5, 5.41) is 7.18. The van der Waals surface area contributed by atoms with Gasteiger partial charge in [0.25, 0.3) is 0 Å². The maximum absolute atomic E-state index is 7.05. The Balaban J connectivity index is 0.818. The van der Waals surface area contributed by atoms with Crippen LogP contribution in [0.3, 0.4) is 0 Å². The lowest BCUT2D eigenvalue weighted by molar-refractivity contribution is 0.651. The number of nitrogens with zero attached hydrogens (tertiary/aromatic N) is 2. The van der Waals surface area contributed by atoms with Gasteiger partial charge >= 0.3 is 0 Å². The van der Waals surface area contributed by atoms with Crippen LogP contribution in [0.1, 0.15) is 80.5 Å². The number of rotatable bonds is 5. The second-order valence-corrected chi connectivity index (χ2v) is 24.5. The van der Waals surface area contributed by atoms with Gasteiger partial charge in [0, 0.05) is 76.9 Å². The van der Waals surface area contributed by atoms with Crippen molar-refractivity contribution in [2.45, 2.75) is 64.7 Å². The summed E-state index contributed by atoms with van der Waals surface area (Å²) in [6, 6.07) is 79.1. The number of aromatic nitrogens is 1. The van der Waals surface area contributed by atoms with E-state index in [2.05, 4.69) is 270 Å². The average molecular weight is 1030 g/mol. The fourth-order valence-electron chi connectivity index (χ4n) is 15.0. The minimum atomic E-state index is -0.355. The molecule has 0 aliphatic heterocycles. The van der Waals surface area contributed by atoms with Crippen LogP contribution in [0.2, 0.25) is 0 Å². The SMILES string of the molecule is Cc1ccc(N(c2ccc3c(c2)C(C)(C)c2cc4c(cc2-3)C(C)(C)c2ccc3oc5ccccc5c3c2-4)c2ccc3c(c2)C(C)(C)c2cc(-c4ccc5c6ccccc6n(-c6ccccc6)c5c4)c4oc5ccccc5c4c2-3)cc1. The molecule has 0 unspecified atom stereocenters. The molecule has 0 radical (unpaired) electrons. The summed E-state index contributed by atoms with van der Waals surface area (Å²) in [5.41, 5.74) is 29.1. The third kappa shape index (κ3) is 5.95. The number of aryl methyl sites for hydroxylation is 1. The zero-order valence-corrected chi connectivity index (χ0v) is 45.9. The molecule has 11 aromatic carbocycles. The van der Waals surface area contributed by atoms with E-state index in [0.717, 1.165) is 61.6 Å². The summed E-state index contributed by atoms with van der Waals surface area (Å²) < 4.78 is 16.0. The van der Waals surface area contributed by atoms with Crippen molar-refractivity contribution in [2.75, 3.05) is 4.90 Å². The molecule has 0 atom stereocenters. The third-order valence-corrected chi connectivity index (χ3v) is 19.0. The molecule has 0 fully saturated rings.